The van der Waals surface area contributed by atoms with Crippen LogP contribution in [0.25, 0.3) is 11.4 Å². The predicted octanol–water partition coefficient (Wildman–Crippen LogP) is 2.95. The molecule has 2 heterocycles. The average molecular weight is 431 g/mol. The van der Waals surface area contributed by atoms with E-state index in [4.69, 9.17) is 9.47 Å². The Bertz CT molecular complexity index is 940. The van der Waals surface area contributed by atoms with Gasteiger partial charge in [0.1, 0.15) is 0 Å². The van der Waals surface area contributed by atoms with Gasteiger partial charge >= 0.3 is 11.9 Å². The van der Waals surface area contributed by atoms with Gasteiger partial charge in [0.15, 0.2) is 11.6 Å². The quantitative estimate of drug-likeness (QED) is 0.636. The topological polar surface area (TPSA) is 116 Å². The van der Waals surface area contributed by atoms with Gasteiger partial charge in [-0.05, 0) is 38.5 Å². The molecule has 3 rings (SSSR count). The second-order valence-corrected chi connectivity index (χ2v) is 8.47. The molecule has 1 N–H and O–H groups in total. The largest absolute Gasteiger partial charge is 0.487 e. The molecular formula is C22H30N4O5. The minimum atomic E-state index is -0.771. The summed E-state index contributed by atoms with van der Waals surface area (Å²) < 4.78 is 12.9. The zero-order chi connectivity index (χ0) is 22.5. The molecule has 31 heavy (non-hydrogen) atoms. The predicted molar refractivity (Wildman–Crippen MR) is 112 cm³/mol. The van der Waals surface area contributed by atoms with E-state index in [2.05, 4.69) is 15.1 Å². The van der Waals surface area contributed by atoms with E-state index in [1.54, 1.807) is 24.1 Å². The van der Waals surface area contributed by atoms with Crippen LogP contribution in [-0.2, 0) is 27.8 Å². The minimum absolute atomic E-state index is 0.0812. The molecule has 0 saturated heterocycles. The number of hydrogen-bond donors (Lipinski definition) is 1. The smallest absolute Gasteiger partial charge is 0.311 e. The lowest BCUT2D eigenvalue weighted by Crippen LogP contribution is -2.29. The number of carbonyl (C=O) groups is 2. The number of nitrogens with zero attached hydrogens (tertiary/aromatic N) is 4. The van der Waals surface area contributed by atoms with Crippen molar-refractivity contribution in [1.29, 1.82) is 0 Å². The van der Waals surface area contributed by atoms with Crippen LogP contribution in [0.1, 0.15) is 50.9 Å². The lowest BCUT2D eigenvalue weighted by atomic mass is 9.87. The number of aryl methyl sites for hydroxylation is 2. The van der Waals surface area contributed by atoms with Gasteiger partial charge in [-0.25, -0.2) is 9.97 Å². The highest BCUT2D eigenvalue weighted by Gasteiger charge is 2.28. The molecule has 1 aliphatic carbocycles. The first-order chi connectivity index (χ1) is 14.7. The molecule has 0 radical (unpaired) electrons. The Kier molecular flexibility index (Phi) is 7.25. The first-order valence-electron chi connectivity index (χ1n) is 10.6. The molecule has 1 fully saturated rings. The number of ether oxygens (including phenoxy) is 2. The van der Waals surface area contributed by atoms with Gasteiger partial charge in [0.05, 0.1) is 54.4 Å². The van der Waals surface area contributed by atoms with E-state index >= 15 is 0 Å². The van der Waals surface area contributed by atoms with E-state index in [1.807, 2.05) is 20.8 Å². The van der Waals surface area contributed by atoms with Crippen LogP contribution in [0.5, 0.6) is 5.75 Å². The summed E-state index contributed by atoms with van der Waals surface area (Å²) in [4.78, 5) is 32.5. The molecule has 0 bridgehead atoms. The highest BCUT2D eigenvalue weighted by molar-refractivity contribution is 5.75. The molecule has 2 aromatic rings. The van der Waals surface area contributed by atoms with Gasteiger partial charge in [0.2, 0.25) is 0 Å². The number of esters is 1. The minimum Gasteiger partial charge on any atom is -0.487 e. The fourth-order valence-electron chi connectivity index (χ4n) is 3.66. The molecule has 0 aliphatic heterocycles. The fourth-order valence-corrected chi connectivity index (χ4v) is 3.66. The van der Waals surface area contributed by atoms with Crippen LogP contribution in [0.15, 0.2) is 12.4 Å². The van der Waals surface area contributed by atoms with Crippen LogP contribution in [0.4, 0.5) is 0 Å². The van der Waals surface area contributed by atoms with Crippen molar-refractivity contribution in [2.75, 3.05) is 6.61 Å². The first-order valence-corrected chi connectivity index (χ1v) is 10.6. The van der Waals surface area contributed by atoms with E-state index in [-0.39, 0.29) is 30.3 Å². The van der Waals surface area contributed by atoms with E-state index in [0.29, 0.717) is 48.0 Å². The van der Waals surface area contributed by atoms with Gasteiger partial charge in [0.25, 0.3) is 0 Å². The van der Waals surface area contributed by atoms with Gasteiger partial charge < -0.3 is 14.6 Å². The highest BCUT2D eigenvalue weighted by atomic mass is 16.5. The van der Waals surface area contributed by atoms with Crippen LogP contribution < -0.4 is 4.74 Å². The zero-order valence-corrected chi connectivity index (χ0v) is 18.5. The van der Waals surface area contributed by atoms with Gasteiger partial charge in [0, 0.05) is 7.05 Å². The summed E-state index contributed by atoms with van der Waals surface area (Å²) in [5, 5.41) is 13.5. The summed E-state index contributed by atoms with van der Waals surface area (Å²) >= 11 is 0. The Morgan fingerprint density at radius 1 is 1.29 bits per heavy atom. The molecule has 168 valence electrons. The summed E-state index contributed by atoms with van der Waals surface area (Å²) in [6.07, 6.45) is 5.98. The number of carboxylic acids is 1. The lowest BCUT2D eigenvalue weighted by Gasteiger charge is -2.27. The van der Waals surface area contributed by atoms with Gasteiger partial charge in [-0.2, -0.15) is 5.10 Å². The molecule has 0 aromatic carbocycles. The lowest BCUT2D eigenvalue weighted by molar-refractivity contribution is -0.144. The van der Waals surface area contributed by atoms with Crippen molar-refractivity contribution in [3.8, 4) is 17.1 Å². The van der Waals surface area contributed by atoms with Crippen molar-refractivity contribution in [3.05, 3.63) is 23.8 Å². The third kappa shape index (κ3) is 5.80. The molecular weight excluding hydrogens is 400 g/mol. The van der Waals surface area contributed by atoms with Crippen LogP contribution in [0.3, 0.4) is 0 Å². The molecule has 1 aliphatic rings. The van der Waals surface area contributed by atoms with Crippen molar-refractivity contribution in [2.45, 2.75) is 59.0 Å². The number of aromatic nitrogens is 4. The second-order valence-electron chi connectivity index (χ2n) is 8.47. The Morgan fingerprint density at radius 3 is 2.74 bits per heavy atom. The number of carboxylic acid groups (broad SMARTS) is 1. The van der Waals surface area contributed by atoms with Gasteiger partial charge in [-0.1, -0.05) is 13.8 Å². The normalized spacial score (nSPS) is 18.7. The van der Waals surface area contributed by atoms with E-state index in [1.165, 1.54) is 0 Å². The summed E-state index contributed by atoms with van der Waals surface area (Å²) in [5.74, 6) is -0.192. The maximum atomic E-state index is 12.2. The summed E-state index contributed by atoms with van der Waals surface area (Å²) in [6.45, 7) is 6.17. The zero-order valence-electron chi connectivity index (χ0n) is 18.5. The Balaban J connectivity index is 1.73. The third-order valence-corrected chi connectivity index (χ3v) is 5.40. The maximum absolute atomic E-state index is 12.2. The van der Waals surface area contributed by atoms with Crippen molar-refractivity contribution >= 4 is 11.9 Å². The molecule has 0 amide bonds. The summed E-state index contributed by atoms with van der Waals surface area (Å²) in [7, 11) is 1.76. The maximum Gasteiger partial charge on any atom is 0.311 e. The summed E-state index contributed by atoms with van der Waals surface area (Å²) in [6, 6.07) is 0. The van der Waals surface area contributed by atoms with Crippen molar-refractivity contribution in [1.82, 2.24) is 19.7 Å². The van der Waals surface area contributed by atoms with Gasteiger partial charge in [-0.15, -0.1) is 0 Å². The van der Waals surface area contributed by atoms with Gasteiger partial charge in [-0.3, -0.25) is 14.3 Å². The molecule has 9 nitrogen and oxygen atoms in total. The van der Waals surface area contributed by atoms with Crippen molar-refractivity contribution in [2.24, 2.45) is 18.9 Å². The van der Waals surface area contributed by atoms with Crippen LogP contribution in [0.2, 0.25) is 0 Å². The number of aliphatic carboxylic acids is 1. The van der Waals surface area contributed by atoms with Crippen molar-refractivity contribution < 1.29 is 24.2 Å². The van der Waals surface area contributed by atoms with E-state index in [9.17, 15) is 14.7 Å². The number of rotatable bonds is 8. The number of hydrogen-bond acceptors (Lipinski definition) is 7. The van der Waals surface area contributed by atoms with E-state index in [0.717, 1.165) is 12.8 Å². The first kappa shape index (κ1) is 22.7. The SMILES string of the molecule is Cc1nc(-c2cnn(C)c2CC(=O)OCC(C)C)ncc1O[C@H]1CCC[C@H](C(=O)O)C1. The molecule has 1 saturated carbocycles. The summed E-state index contributed by atoms with van der Waals surface area (Å²) in [5.41, 5.74) is 2.00. The number of carbonyl (C=O) groups excluding carboxylic acids is 1. The van der Waals surface area contributed by atoms with Crippen LogP contribution >= 0.6 is 0 Å². The molecule has 2 atom stereocenters. The standard InChI is InChI=1S/C22H30N4O5/c1-13(2)12-30-20(27)9-18-17(10-24-26(18)4)21-23-11-19(14(3)25-21)31-16-7-5-6-15(8-16)22(28)29/h10-11,13,15-16H,5-9,12H2,1-4H3,(H,28,29)/t15-,16-/m0/s1. The molecule has 9 heteroatoms. The fraction of sp³-hybridized carbons (Fsp3) is 0.591. The van der Waals surface area contributed by atoms with Crippen LogP contribution in [0, 0.1) is 18.8 Å². The monoisotopic (exact) mass is 430 g/mol. The second kappa shape index (κ2) is 9.89. The highest BCUT2D eigenvalue weighted by Crippen LogP contribution is 2.30. The van der Waals surface area contributed by atoms with E-state index < -0.39 is 5.97 Å². The molecule has 0 spiro atoms. The Labute approximate surface area is 181 Å². The average Bonchev–Trinajstić information content (AvgIpc) is 3.08. The Hall–Kier alpha value is -2.97. The van der Waals surface area contributed by atoms with Crippen molar-refractivity contribution in [3.63, 3.8) is 0 Å². The Morgan fingerprint density at radius 2 is 2.06 bits per heavy atom. The third-order valence-electron chi connectivity index (χ3n) is 5.40. The molecule has 0 unspecified atom stereocenters. The van der Waals surface area contributed by atoms with Crippen LogP contribution in [-0.4, -0.2) is 49.5 Å². The molecule has 2 aromatic heterocycles.